The van der Waals surface area contributed by atoms with Crippen molar-refractivity contribution >= 4 is 46.6 Å². The van der Waals surface area contributed by atoms with Gasteiger partial charge in [0.25, 0.3) is 5.03 Å². The van der Waals surface area contributed by atoms with Crippen LogP contribution in [0.15, 0.2) is 27.7 Å². The minimum atomic E-state index is -0.570. The number of amides is 1. The lowest BCUT2D eigenvalue weighted by Gasteiger charge is -2.05. The molecule has 2 rings (SSSR count). The number of benzene rings is 1. The van der Waals surface area contributed by atoms with Gasteiger partial charge in [-0.3, -0.25) is 4.79 Å². The van der Waals surface area contributed by atoms with Crippen molar-refractivity contribution < 1.29 is 19.1 Å². The van der Waals surface area contributed by atoms with E-state index in [0.717, 1.165) is 11.8 Å². The summed E-state index contributed by atoms with van der Waals surface area (Å²) in [7, 11) is 1.56. The fraction of sp³-hybridized carbons (Fsp3) is 0.182. The van der Waals surface area contributed by atoms with Crippen molar-refractivity contribution in [3.05, 3.63) is 28.2 Å². The van der Waals surface area contributed by atoms with E-state index in [9.17, 15) is 9.90 Å². The van der Waals surface area contributed by atoms with Crippen LogP contribution in [0.3, 0.4) is 0 Å². The van der Waals surface area contributed by atoms with Crippen molar-refractivity contribution in [2.45, 2.75) is 5.03 Å². The molecule has 0 saturated carbocycles. The average molecular weight is 334 g/mol. The lowest BCUT2D eigenvalue weighted by atomic mass is 10.3. The van der Waals surface area contributed by atoms with Gasteiger partial charge in [-0.15, -0.1) is 0 Å². The smallest absolute Gasteiger partial charge is 0.291 e. The zero-order chi connectivity index (χ0) is 14.7. The normalized spacial score (nSPS) is 10.6. The number of rotatable bonds is 4. The van der Waals surface area contributed by atoms with Crippen LogP contribution in [0.5, 0.6) is 5.95 Å². The Bertz CT molecular complexity index is 628. The maximum atomic E-state index is 11.8. The van der Waals surface area contributed by atoms with Crippen LogP contribution in [-0.4, -0.2) is 16.9 Å². The number of aromatic nitrogens is 2. The molecular weight excluding hydrogens is 325 g/mol. The Morgan fingerprint density at radius 3 is 2.85 bits per heavy atom. The van der Waals surface area contributed by atoms with E-state index in [1.165, 1.54) is 4.68 Å². The first-order chi connectivity index (χ1) is 9.47. The van der Waals surface area contributed by atoms with Gasteiger partial charge in [0, 0.05) is 5.69 Å². The monoisotopic (exact) mass is 333 g/mol. The van der Waals surface area contributed by atoms with E-state index in [1.807, 2.05) is 0 Å². The Labute approximate surface area is 128 Å². The third-order valence-corrected chi connectivity index (χ3v) is 4.11. The number of thioether (sulfide) groups is 1. The Balaban J connectivity index is 1.94. The second kappa shape index (κ2) is 6.34. The van der Waals surface area contributed by atoms with Crippen molar-refractivity contribution in [2.75, 3.05) is 11.1 Å². The minimum Gasteiger partial charge on any atom is -0.538 e. The quantitative estimate of drug-likeness (QED) is 0.679. The van der Waals surface area contributed by atoms with Crippen molar-refractivity contribution in [3.8, 4) is 5.95 Å². The van der Waals surface area contributed by atoms with E-state index in [0.29, 0.717) is 15.7 Å². The van der Waals surface area contributed by atoms with E-state index in [1.54, 1.807) is 25.2 Å². The highest BCUT2D eigenvalue weighted by Crippen LogP contribution is 2.25. The SMILES string of the molecule is C[n+]1noc([O-])c1SCC(=O)Nc1ccc(Cl)c(Cl)c1. The highest BCUT2D eigenvalue weighted by Gasteiger charge is 2.16. The van der Waals surface area contributed by atoms with E-state index in [2.05, 4.69) is 15.1 Å². The molecule has 1 aromatic carbocycles. The van der Waals surface area contributed by atoms with Gasteiger partial charge in [-0.05, 0) is 30.0 Å². The van der Waals surface area contributed by atoms with Crippen LogP contribution in [0.2, 0.25) is 10.0 Å². The molecule has 1 heterocycles. The number of hydrogen-bond acceptors (Lipinski definition) is 5. The Morgan fingerprint density at radius 1 is 1.50 bits per heavy atom. The van der Waals surface area contributed by atoms with Gasteiger partial charge in [-0.25, -0.2) is 0 Å². The summed E-state index contributed by atoms with van der Waals surface area (Å²) in [6.07, 6.45) is 0. The van der Waals surface area contributed by atoms with Crippen molar-refractivity contribution in [3.63, 3.8) is 0 Å². The van der Waals surface area contributed by atoms with Gasteiger partial charge in [0.1, 0.15) is 0 Å². The number of hydrogen-bond donors (Lipinski definition) is 1. The second-order valence-electron chi connectivity index (χ2n) is 3.75. The summed E-state index contributed by atoms with van der Waals surface area (Å²) in [5, 5.41) is 18.4. The number of nitrogens with zero attached hydrogens (tertiary/aromatic N) is 2. The standard InChI is InChI=1S/C11H9Cl2N3O3S/c1-16-10(11(18)19-15-16)20-5-9(17)14-6-2-3-7(12)8(13)4-6/h2-4H,5H2,1H3,(H-,14,15,17,18). The third-order valence-electron chi connectivity index (χ3n) is 2.26. The largest absolute Gasteiger partial charge is 0.538 e. The van der Waals surface area contributed by atoms with Crippen LogP contribution in [0.4, 0.5) is 5.69 Å². The highest BCUT2D eigenvalue weighted by atomic mass is 35.5. The molecule has 0 fully saturated rings. The molecule has 106 valence electrons. The molecule has 0 unspecified atom stereocenters. The minimum absolute atomic E-state index is 0.0462. The number of halogens is 2. The molecule has 9 heteroatoms. The average Bonchev–Trinajstić information content (AvgIpc) is 2.71. The predicted octanol–water partition coefficient (Wildman–Crippen LogP) is 1.61. The van der Waals surface area contributed by atoms with E-state index in [-0.39, 0.29) is 16.7 Å². The van der Waals surface area contributed by atoms with Crippen LogP contribution in [0.1, 0.15) is 0 Å². The summed E-state index contributed by atoms with van der Waals surface area (Å²) >= 11 is 12.7. The summed E-state index contributed by atoms with van der Waals surface area (Å²) in [6.45, 7) is 0. The van der Waals surface area contributed by atoms with Gasteiger partial charge in [0.05, 0.1) is 21.1 Å². The predicted molar refractivity (Wildman–Crippen MR) is 72.9 cm³/mol. The lowest BCUT2D eigenvalue weighted by molar-refractivity contribution is -0.772. The molecule has 6 nitrogen and oxygen atoms in total. The molecule has 0 saturated heterocycles. The Kier molecular flexibility index (Phi) is 4.74. The summed E-state index contributed by atoms with van der Waals surface area (Å²) in [5.74, 6) is -0.807. The fourth-order valence-corrected chi connectivity index (χ4v) is 2.38. The zero-order valence-corrected chi connectivity index (χ0v) is 12.6. The van der Waals surface area contributed by atoms with Gasteiger partial charge < -0.3 is 14.9 Å². The number of carbonyl (C=O) groups is 1. The maximum Gasteiger partial charge on any atom is 0.291 e. The van der Waals surface area contributed by atoms with Crippen molar-refractivity contribution in [2.24, 2.45) is 7.05 Å². The van der Waals surface area contributed by atoms with Crippen LogP contribution in [-0.2, 0) is 11.8 Å². The first kappa shape index (κ1) is 15.0. The van der Waals surface area contributed by atoms with Crippen LogP contribution in [0.25, 0.3) is 0 Å². The maximum absolute atomic E-state index is 11.8. The van der Waals surface area contributed by atoms with E-state index >= 15 is 0 Å². The molecule has 2 aromatic rings. The number of carbonyl (C=O) groups excluding carboxylic acids is 1. The number of aryl methyl sites for hydroxylation is 1. The van der Waals surface area contributed by atoms with Crippen LogP contribution in [0, 0.1) is 0 Å². The molecule has 20 heavy (non-hydrogen) atoms. The first-order valence-electron chi connectivity index (χ1n) is 5.38. The molecule has 1 amide bonds. The van der Waals surface area contributed by atoms with Crippen molar-refractivity contribution in [1.82, 2.24) is 5.27 Å². The van der Waals surface area contributed by atoms with Gasteiger partial charge >= 0.3 is 0 Å². The van der Waals surface area contributed by atoms with E-state index in [4.69, 9.17) is 23.2 Å². The summed E-state index contributed by atoms with van der Waals surface area (Å²) < 4.78 is 5.72. The molecular formula is C11H9Cl2N3O3S. The molecule has 1 N–H and O–H groups in total. The van der Waals surface area contributed by atoms with Gasteiger partial charge in [-0.2, -0.15) is 0 Å². The lowest BCUT2D eigenvalue weighted by Crippen LogP contribution is -2.32. The zero-order valence-electron chi connectivity index (χ0n) is 10.2. The molecule has 0 atom stereocenters. The van der Waals surface area contributed by atoms with E-state index < -0.39 is 5.95 Å². The third kappa shape index (κ3) is 3.56. The number of anilines is 1. The van der Waals surface area contributed by atoms with Gasteiger partial charge in [0.15, 0.2) is 13.0 Å². The van der Waals surface area contributed by atoms with Gasteiger partial charge in [0.2, 0.25) is 5.91 Å². The van der Waals surface area contributed by atoms with Crippen LogP contribution < -0.4 is 15.1 Å². The van der Waals surface area contributed by atoms with Gasteiger partial charge in [-0.1, -0.05) is 27.9 Å². The fourth-order valence-electron chi connectivity index (χ4n) is 1.36. The highest BCUT2D eigenvalue weighted by molar-refractivity contribution is 7.99. The second-order valence-corrected chi connectivity index (χ2v) is 5.53. The Morgan fingerprint density at radius 2 is 2.25 bits per heavy atom. The molecule has 1 aromatic heterocycles. The Hall–Kier alpha value is -1.44. The molecule has 0 bridgehead atoms. The number of nitrogens with one attached hydrogen (secondary N) is 1. The molecule has 0 radical (unpaired) electrons. The molecule has 0 spiro atoms. The van der Waals surface area contributed by atoms with Crippen LogP contribution >= 0.6 is 35.0 Å². The summed E-state index contributed by atoms with van der Waals surface area (Å²) in [4.78, 5) is 11.8. The molecule has 0 aliphatic rings. The topological polar surface area (TPSA) is 82.1 Å². The molecule has 0 aliphatic heterocycles. The first-order valence-corrected chi connectivity index (χ1v) is 7.12. The summed E-state index contributed by atoms with van der Waals surface area (Å²) in [6, 6.07) is 4.77. The molecule has 0 aliphatic carbocycles. The van der Waals surface area contributed by atoms with Crippen molar-refractivity contribution in [1.29, 1.82) is 0 Å². The summed E-state index contributed by atoms with van der Waals surface area (Å²) in [5.41, 5.74) is 0.530.